The Morgan fingerprint density at radius 2 is 1.94 bits per heavy atom. The van der Waals surface area contributed by atoms with Gasteiger partial charge >= 0.3 is 0 Å². The molecule has 2 aliphatic rings. The fourth-order valence-electron chi connectivity index (χ4n) is 6.18. The second-order valence-corrected chi connectivity index (χ2v) is 12.1. The molecule has 9 heteroatoms. The number of aromatic nitrogens is 1. The summed E-state index contributed by atoms with van der Waals surface area (Å²) in [5.74, 6) is 0.136. The van der Waals surface area contributed by atoms with Crippen molar-refractivity contribution in [3.63, 3.8) is 0 Å². The number of amides is 2. The number of methoxy groups -OCH3 is 1. The van der Waals surface area contributed by atoms with Crippen LogP contribution in [0.4, 0.5) is 5.13 Å². The maximum absolute atomic E-state index is 13.0. The van der Waals surface area contributed by atoms with E-state index in [0.29, 0.717) is 29.3 Å². The monoisotopic (exact) mass is 515 g/mol. The second kappa shape index (κ2) is 10.1. The molecule has 0 saturated heterocycles. The van der Waals surface area contributed by atoms with Crippen LogP contribution in [0.1, 0.15) is 73.8 Å². The molecule has 4 rings (SSSR count). The van der Waals surface area contributed by atoms with Crippen LogP contribution in [0.15, 0.2) is 24.3 Å². The Bertz CT molecular complexity index is 1120. The first kappa shape index (κ1) is 26.6. The zero-order valence-corrected chi connectivity index (χ0v) is 22.4. The van der Waals surface area contributed by atoms with Crippen LogP contribution in [0.5, 0.6) is 5.75 Å². The summed E-state index contributed by atoms with van der Waals surface area (Å²) in [5.41, 5.74) is 0.324. The van der Waals surface area contributed by atoms with Crippen molar-refractivity contribution in [2.75, 3.05) is 19.0 Å². The third kappa shape index (κ3) is 4.76. The number of nitrogens with zero attached hydrogens (tertiary/aromatic N) is 1. The quantitative estimate of drug-likeness (QED) is 0.446. The molecule has 0 radical (unpaired) electrons. The van der Waals surface area contributed by atoms with Gasteiger partial charge in [-0.1, -0.05) is 13.8 Å². The molecule has 36 heavy (non-hydrogen) atoms. The number of thiazole rings is 1. The summed E-state index contributed by atoms with van der Waals surface area (Å²) in [4.78, 5) is 31.7. The van der Waals surface area contributed by atoms with E-state index in [2.05, 4.69) is 17.6 Å². The highest BCUT2D eigenvalue weighted by atomic mass is 32.1. The number of anilines is 1. The number of rotatable bonds is 7. The lowest BCUT2D eigenvalue weighted by Gasteiger charge is -2.58. The molecule has 1 heterocycles. The second-order valence-electron chi connectivity index (χ2n) is 11.0. The van der Waals surface area contributed by atoms with E-state index >= 15 is 0 Å². The Hall–Kier alpha value is -2.49. The molecule has 8 nitrogen and oxygen atoms in total. The van der Waals surface area contributed by atoms with Crippen molar-refractivity contribution in [1.82, 2.24) is 10.3 Å². The Morgan fingerprint density at radius 3 is 2.56 bits per heavy atom. The van der Waals surface area contributed by atoms with E-state index in [-0.39, 0.29) is 48.1 Å². The maximum atomic E-state index is 13.0. The lowest BCUT2D eigenvalue weighted by molar-refractivity contribution is -0.144. The zero-order valence-electron chi connectivity index (χ0n) is 21.6. The molecule has 1 aromatic heterocycles. The number of nitrogens with one attached hydrogen (secondary N) is 2. The molecule has 0 aliphatic heterocycles. The summed E-state index contributed by atoms with van der Waals surface area (Å²) in [6.07, 6.45) is 1.59. The van der Waals surface area contributed by atoms with Crippen LogP contribution in [-0.2, 0) is 11.2 Å². The molecule has 2 aliphatic carbocycles. The summed E-state index contributed by atoms with van der Waals surface area (Å²) in [7, 11) is 1.58. The van der Waals surface area contributed by atoms with Crippen molar-refractivity contribution in [3.8, 4) is 5.75 Å². The Morgan fingerprint density at radius 1 is 1.25 bits per heavy atom. The van der Waals surface area contributed by atoms with Gasteiger partial charge in [-0.15, -0.1) is 11.3 Å². The molecule has 0 spiro atoms. The summed E-state index contributed by atoms with van der Waals surface area (Å²) in [5, 5.41) is 27.7. The van der Waals surface area contributed by atoms with Gasteiger partial charge in [0, 0.05) is 34.2 Å². The van der Waals surface area contributed by atoms with Crippen molar-refractivity contribution in [2.24, 2.45) is 16.7 Å². The molecule has 1 aromatic carbocycles. The van der Waals surface area contributed by atoms with Crippen LogP contribution < -0.4 is 15.4 Å². The first-order valence-electron chi connectivity index (χ1n) is 12.5. The number of hydrogen-bond acceptors (Lipinski definition) is 7. The summed E-state index contributed by atoms with van der Waals surface area (Å²) >= 11 is 1.41. The summed E-state index contributed by atoms with van der Waals surface area (Å²) in [6.45, 7) is 7.86. The Kier molecular flexibility index (Phi) is 7.46. The van der Waals surface area contributed by atoms with E-state index in [0.717, 1.165) is 17.0 Å². The number of fused-ring (bicyclic) bond motifs is 2. The lowest BCUT2D eigenvalue weighted by Crippen LogP contribution is -2.57. The van der Waals surface area contributed by atoms with Gasteiger partial charge in [-0.2, -0.15) is 0 Å². The Labute approximate surface area is 216 Å². The van der Waals surface area contributed by atoms with Crippen molar-refractivity contribution < 1.29 is 24.5 Å². The topological polar surface area (TPSA) is 121 Å². The van der Waals surface area contributed by atoms with E-state index in [1.165, 1.54) is 11.3 Å². The van der Waals surface area contributed by atoms with E-state index in [9.17, 15) is 19.8 Å². The molecule has 1 fully saturated rings. The number of aliphatic hydroxyl groups excluding tert-OH is 2. The number of carbonyl (C=O) groups is 2. The van der Waals surface area contributed by atoms with Crippen molar-refractivity contribution in [2.45, 2.75) is 71.4 Å². The molecule has 5 atom stereocenters. The van der Waals surface area contributed by atoms with Gasteiger partial charge < -0.3 is 20.3 Å². The van der Waals surface area contributed by atoms with Crippen LogP contribution in [0.3, 0.4) is 0 Å². The summed E-state index contributed by atoms with van der Waals surface area (Å²) in [6, 6.07) is 6.89. The number of ether oxygens (including phenoxy) is 1. The van der Waals surface area contributed by atoms with Gasteiger partial charge in [0.05, 0.1) is 25.5 Å². The predicted octanol–water partition coefficient (Wildman–Crippen LogP) is 3.73. The highest BCUT2D eigenvalue weighted by Crippen LogP contribution is 2.62. The number of benzene rings is 1. The van der Waals surface area contributed by atoms with Gasteiger partial charge in [0.25, 0.3) is 5.91 Å². The molecular formula is C27H37N3O5S. The van der Waals surface area contributed by atoms with E-state index in [4.69, 9.17) is 9.72 Å². The first-order valence-corrected chi connectivity index (χ1v) is 13.4. The molecule has 1 saturated carbocycles. The maximum Gasteiger partial charge on any atom is 0.257 e. The van der Waals surface area contributed by atoms with Gasteiger partial charge in [-0.25, -0.2) is 4.98 Å². The SMILES string of the molecule is COc1ccc(C(=O)Nc2nc3c(s2)C[C@H]2[C@](C)(CO)[C@H](O)CC[C@@]2(C)[C@H]3CC(=O)NC(C)C)cc1. The van der Waals surface area contributed by atoms with Crippen molar-refractivity contribution in [3.05, 3.63) is 40.4 Å². The Balaban J connectivity index is 1.69. The number of carbonyl (C=O) groups excluding carboxylic acids is 2. The molecular weight excluding hydrogens is 478 g/mol. The third-order valence-electron chi connectivity index (χ3n) is 8.31. The predicted molar refractivity (Wildman–Crippen MR) is 139 cm³/mol. The van der Waals surface area contributed by atoms with E-state index < -0.39 is 11.5 Å². The number of aliphatic hydroxyl groups is 2. The third-order valence-corrected chi connectivity index (χ3v) is 9.31. The highest BCUT2D eigenvalue weighted by Gasteiger charge is 2.59. The minimum absolute atomic E-state index is 0.0230. The molecule has 4 N–H and O–H groups in total. The van der Waals surface area contributed by atoms with Gasteiger partial charge in [-0.05, 0) is 68.7 Å². The fourth-order valence-corrected chi connectivity index (χ4v) is 7.24. The molecule has 2 amide bonds. The zero-order chi connectivity index (χ0) is 26.3. The van der Waals surface area contributed by atoms with Gasteiger partial charge in [0.2, 0.25) is 5.91 Å². The average molecular weight is 516 g/mol. The molecule has 2 aromatic rings. The largest absolute Gasteiger partial charge is 0.497 e. The standard InChI is InChI=1S/C27H37N3O5S/c1-15(2)28-22(33)12-18-23-19(13-20-26(18,3)11-10-21(32)27(20,4)14-31)36-25(29-23)30-24(34)16-6-8-17(35-5)9-7-16/h6-9,15,18,20-21,31-32H,10-14H2,1-5H3,(H,28,33)(H,29,30,34)/t18-,20+,21+,26-,27-/m0/s1. The van der Waals surface area contributed by atoms with Crippen LogP contribution >= 0.6 is 11.3 Å². The smallest absolute Gasteiger partial charge is 0.257 e. The van der Waals surface area contributed by atoms with Crippen LogP contribution in [0, 0.1) is 16.7 Å². The van der Waals surface area contributed by atoms with Crippen molar-refractivity contribution >= 4 is 28.3 Å². The first-order chi connectivity index (χ1) is 17.0. The minimum Gasteiger partial charge on any atom is -0.497 e. The van der Waals surface area contributed by atoms with Crippen LogP contribution in [0.25, 0.3) is 0 Å². The average Bonchev–Trinajstić information content (AvgIpc) is 3.24. The fraction of sp³-hybridized carbons (Fsp3) is 0.593. The molecule has 0 bridgehead atoms. The number of hydrogen-bond donors (Lipinski definition) is 4. The summed E-state index contributed by atoms with van der Waals surface area (Å²) < 4.78 is 5.17. The highest BCUT2D eigenvalue weighted by molar-refractivity contribution is 7.15. The normalized spacial score (nSPS) is 29.3. The van der Waals surface area contributed by atoms with Crippen molar-refractivity contribution in [1.29, 1.82) is 0 Å². The van der Waals surface area contributed by atoms with Crippen LogP contribution in [0.2, 0.25) is 0 Å². The van der Waals surface area contributed by atoms with Crippen LogP contribution in [-0.4, -0.2) is 52.9 Å². The lowest BCUT2D eigenvalue weighted by atomic mass is 9.47. The minimum atomic E-state index is -0.687. The van der Waals surface area contributed by atoms with E-state index in [1.54, 1.807) is 31.4 Å². The van der Waals surface area contributed by atoms with Gasteiger partial charge in [0.15, 0.2) is 5.13 Å². The van der Waals surface area contributed by atoms with Gasteiger partial charge in [0.1, 0.15) is 5.75 Å². The molecule has 0 unspecified atom stereocenters. The van der Waals surface area contributed by atoms with Gasteiger partial charge in [-0.3, -0.25) is 14.9 Å². The van der Waals surface area contributed by atoms with E-state index in [1.807, 2.05) is 20.8 Å². The molecule has 196 valence electrons.